The highest BCUT2D eigenvalue weighted by Crippen LogP contribution is 2.34. The van der Waals surface area contributed by atoms with Crippen molar-refractivity contribution in [2.24, 2.45) is 5.92 Å². The molecule has 1 N–H and O–H groups in total. The van der Waals surface area contributed by atoms with Gasteiger partial charge in [0.05, 0.1) is 18.8 Å². The number of anilines is 1. The first-order valence-corrected chi connectivity index (χ1v) is 10.9. The summed E-state index contributed by atoms with van der Waals surface area (Å²) in [5, 5.41) is 3.13. The molecule has 8 nitrogen and oxygen atoms in total. The third-order valence-electron chi connectivity index (χ3n) is 4.59. The summed E-state index contributed by atoms with van der Waals surface area (Å²) in [7, 11) is 0. The molecule has 2 rings (SSSR count). The van der Waals surface area contributed by atoms with Crippen LogP contribution in [0.5, 0.6) is 0 Å². The first kappa shape index (κ1) is 23.2. The number of hydrogen-bond donors (Lipinski definition) is 1. The molecule has 0 radical (unpaired) electrons. The monoisotopic (exact) mass is 425 g/mol. The average molecular weight is 426 g/mol. The molecule has 29 heavy (non-hydrogen) atoms. The molecule has 1 aromatic heterocycles. The third-order valence-corrected chi connectivity index (χ3v) is 5.78. The van der Waals surface area contributed by atoms with Crippen LogP contribution in [0.15, 0.2) is 0 Å². The smallest absolute Gasteiger partial charge is 0.348 e. The second-order valence-corrected chi connectivity index (χ2v) is 8.33. The van der Waals surface area contributed by atoms with Gasteiger partial charge >= 0.3 is 18.0 Å². The number of amides is 2. The second kappa shape index (κ2) is 10.6. The highest BCUT2D eigenvalue weighted by atomic mass is 32.1. The Morgan fingerprint density at radius 2 is 1.62 bits per heavy atom. The maximum Gasteiger partial charge on any atom is 0.348 e. The van der Waals surface area contributed by atoms with Crippen molar-refractivity contribution >= 4 is 34.3 Å². The van der Waals surface area contributed by atoms with E-state index in [1.165, 1.54) is 0 Å². The molecule has 0 aliphatic carbocycles. The van der Waals surface area contributed by atoms with Gasteiger partial charge in [0.2, 0.25) is 0 Å². The van der Waals surface area contributed by atoms with Gasteiger partial charge in [-0.2, -0.15) is 0 Å². The van der Waals surface area contributed by atoms with Crippen molar-refractivity contribution in [1.29, 1.82) is 0 Å². The molecule has 1 aromatic rings. The van der Waals surface area contributed by atoms with Gasteiger partial charge in [-0.1, -0.05) is 13.8 Å². The molecule has 1 aliphatic heterocycles. The van der Waals surface area contributed by atoms with Crippen LogP contribution in [-0.2, 0) is 9.47 Å². The van der Waals surface area contributed by atoms with E-state index in [1.54, 1.807) is 25.7 Å². The highest BCUT2D eigenvalue weighted by Gasteiger charge is 2.29. The molecule has 1 fully saturated rings. The van der Waals surface area contributed by atoms with Crippen molar-refractivity contribution in [2.75, 3.05) is 51.3 Å². The van der Waals surface area contributed by atoms with Gasteiger partial charge in [0.25, 0.3) is 0 Å². The molecular weight excluding hydrogens is 394 g/mol. The Kier molecular flexibility index (Phi) is 8.45. The maximum atomic E-state index is 12.8. The average Bonchev–Trinajstić information content (AvgIpc) is 2.98. The van der Waals surface area contributed by atoms with E-state index in [1.807, 2.05) is 0 Å². The van der Waals surface area contributed by atoms with Gasteiger partial charge in [-0.15, -0.1) is 11.3 Å². The second-order valence-electron chi connectivity index (χ2n) is 7.31. The summed E-state index contributed by atoms with van der Waals surface area (Å²) in [5.74, 6) is -0.491. The third kappa shape index (κ3) is 5.93. The molecule has 1 aliphatic rings. The topological polar surface area (TPSA) is 88.2 Å². The lowest BCUT2D eigenvalue weighted by Gasteiger charge is -2.35. The number of carbonyl (C=O) groups is 3. The van der Waals surface area contributed by atoms with Crippen molar-refractivity contribution < 1.29 is 23.9 Å². The molecule has 162 valence electrons. The zero-order valence-corrected chi connectivity index (χ0v) is 18.7. The minimum atomic E-state index is -0.561. The van der Waals surface area contributed by atoms with E-state index in [-0.39, 0.29) is 24.8 Å². The number of thiophene rings is 1. The number of carbonyl (C=O) groups excluding carboxylic acids is 3. The Hall–Kier alpha value is -2.13. The number of nitrogens with one attached hydrogen (secondary N) is 1. The number of esters is 2. The summed E-state index contributed by atoms with van der Waals surface area (Å²) in [6.45, 7) is 13.7. The van der Waals surface area contributed by atoms with Crippen molar-refractivity contribution in [2.45, 2.75) is 34.6 Å². The zero-order valence-electron chi connectivity index (χ0n) is 17.9. The van der Waals surface area contributed by atoms with Gasteiger partial charge in [-0.05, 0) is 32.3 Å². The van der Waals surface area contributed by atoms with Crippen LogP contribution in [0, 0.1) is 12.8 Å². The minimum absolute atomic E-state index is 0.202. The normalized spacial score (nSPS) is 14.8. The number of piperazine rings is 1. The fourth-order valence-corrected chi connectivity index (χ4v) is 4.35. The molecule has 0 bridgehead atoms. The summed E-state index contributed by atoms with van der Waals surface area (Å²) in [6.07, 6.45) is 0. The lowest BCUT2D eigenvalue weighted by molar-refractivity contribution is 0.0527. The standard InChI is InChI=1S/C20H31N3O5S/c1-6-27-18(24)15-14(5)16(19(25)28-7-2)29-17(15)21-20(26)23-10-8-22(9-11-23)12-13(3)4/h13H,6-12H2,1-5H3,(H,21,26). The fraction of sp³-hybridized carbons (Fsp3) is 0.650. The summed E-state index contributed by atoms with van der Waals surface area (Å²) in [5.41, 5.74) is 0.677. The molecule has 0 unspecified atom stereocenters. The largest absolute Gasteiger partial charge is 0.462 e. The zero-order chi connectivity index (χ0) is 21.6. The SMILES string of the molecule is CCOC(=O)c1sc(NC(=O)N2CCN(CC(C)C)CC2)c(C(=O)OCC)c1C. The fourth-order valence-electron chi connectivity index (χ4n) is 3.27. The first-order valence-electron chi connectivity index (χ1n) is 10.0. The van der Waals surface area contributed by atoms with Gasteiger partial charge in [-0.3, -0.25) is 10.2 Å². The van der Waals surface area contributed by atoms with Gasteiger partial charge in [0.1, 0.15) is 9.88 Å². The van der Waals surface area contributed by atoms with Crippen molar-refractivity contribution in [3.05, 3.63) is 16.0 Å². The Morgan fingerprint density at radius 1 is 1.03 bits per heavy atom. The van der Waals surface area contributed by atoms with E-state index in [2.05, 4.69) is 24.1 Å². The molecule has 2 amide bonds. The van der Waals surface area contributed by atoms with Crippen LogP contribution in [0.4, 0.5) is 9.80 Å². The van der Waals surface area contributed by atoms with E-state index in [0.29, 0.717) is 34.4 Å². The molecule has 0 aromatic carbocycles. The van der Waals surface area contributed by atoms with Crippen LogP contribution >= 0.6 is 11.3 Å². The quantitative estimate of drug-likeness (QED) is 0.675. The van der Waals surface area contributed by atoms with Gasteiger partial charge in [0, 0.05) is 32.7 Å². The molecule has 0 saturated carbocycles. The minimum Gasteiger partial charge on any atom is -0.462 e. The van der Waals surface area contributed by atoms with Crippen molar-refractivity contribution in [3.63, 3.8) is 0 Å². The van der Waals surface area contributed by atoms with Crippen molar-refractivity contribution in [3.8, 4) is 0 Å². The highest BCUT2D eigenvalue weighted by molar-refractivity contribution is 7.18. The Balaban J connectivity index is 2.16. The number of nitrogens with zero attached hydrogens (tertiary/aromatic N) is 2. The number of ether oxygens (including phenoxy) is 2. The molecule has 2 heterocycles. The molecule has 0 atom stereocenters. The van der Waals surface area contributed by atoms with Gasteiger partial charge in [-0.25, -0.2) is 14.4 Å². The van der Waals surface area contributed by atoms with Crippen LogP contribution in [0.3, 0.4) is 0 Å². The summed E-state index contributed by atoms with van der Waals surface area (Å²) in [6, 6.07) is -0.281. The Labute approximate surface area is 176 Å². The van der Waals surface area contributed by atoms with Crippen molar-refractivity contribution in [1.82, 2.24) is 9.80 Å². The van der Waals surface area contributed by atoms with Gasteiger partial charge in [0.15, 0.2) is 0 Å². The van der Waals surface area contributed by atoms with Crippen LogP contribution in [-0.4, -0.2) is 73.7 Å². The summed E-state index contributed by atoms with van der Waals surface area (Å²) >= 11 is 1.05. The predicted molar refractivity (Wildman–Crippen MR) is 113 cm³/mol. The van der Waals surface area contributed by atoms with Crippen LogP contribution < -0.4 is 5.32 Å². The number of hydrogen-bond acceptors (Lipinski definition) is 7. The lowest BCUT2D eigenvalue weighted by Crippen LogP contribution is -2.50. The van der Waals surface area contributed by atoms with Crippen LogP contribution in [0.2, 0.25) is 0 Å². The van der Waals surface area contributed by atoms with E-state index in [0.717, 1.165) is 31.0 Å². The predicted octanol–water partition coefficient (Wildman–Crippen LogP) is 3.22. The molecule has 9 heteroatoms. The Bertz CT molecular complexity index is 739. The lowest BCUT2D eigenvalue weighted by atomic mass is 10.1. The van der Waals surface area contributed by atoms with E-state index in [4.69, 9.17) is 9.47 Å². The maximum absolute atomic E-state index is 12.8. The number of urea groups is 1. The van der Waals surface area contributed by atoms with E-state index < -0.39 is 11.9 Å². The molecule has 1 saturated heterocycles. The van der Waals surface area contributed by atoms with Gasteiger partial charge < -0.3 is 14.4 Å². The summed E-state index contributed by atoms with van der Waals surface area (Å²) < 4.78 is 10.2. The first-order chi connectivity index (χ1) is 13.8. The van der Waals surface area contributed by atoms with Crippen LogP contribution in [0.25, 0.3) is 0 Å². The van der Waals surface area contributed by atoms with Crippen LogP contribution in [0.1, 0.15) is 53.3 Å². The molecule has 0 spiro atoms. The number of rotatable bonds is 7. The van der Waals surface area contributed by atoms with E-state index >= 15 is 0 Å². The Morgan fingerprint density at radius 3 is 2.17 bits per heavy atom. The summed E-state index contributed by atoms with van der Waals surface area (Å²) in [4.78, 5) is 41.8. The molecular formula is C20H31N3O5S. The van der Waals surface area contributed by atoms with E-state index in [9.17, 15) is 14.4 Å².